The van der Waals surface area contributed by atoms with Gasteiger partial charge < -0.3 is 4.90 Å². The number of nitrogens with zero attached hydrogens (tertiary/aromatic N) is 3. The van der Waals surface area contributed by atoms with Gasteiger partial charge in [-0.15, -0.1) is 0 Å². The second kappa shape index (κ2) is 5.17. The molecule has 0 aliphatic carbocycles. The number of imide groups is 1. The molecule has 2 heterocycles. The van der Waals surface area contributed by atoms with Crippen LogP contribution >= 0.6 is 11.8 Å². The van der Waals surface area contributed by atoms with E-state index in [9.17, 15) is 9.59 Å². The number of anilines is 1. The van der Waals surface area contributed by atoms with Crippen LogP contribution in [0.25, 0.3) is 17.0 Å². The molecule has 0 saturated carbocycles. The van der Waals surface area contributed by atoms with Gasteiger partial charge in [-0.25, -0.2) is 9.97 Å². The molecule has 2 amide bonds. The molecule has 1 fully saturated rings. The molecule has 2 aromatic rings. The number of fused-ring (bicyclic) bond motifs is 1. The van der Waals surface area contributed by atoms with Gasteiger partial charge in [0.25, 0.3) is 11.1 Å². The molecule has 0 atom stereocenters. The third kappa shape index (κ3) is 2.59. The fourth-order valence-corrected chi connectivity index (χ4v) is 2.76. The van der Waals surface area contributed by atoms with Crippen LogP contribution in [0.15, 0.2) is 29.4 Å². The Morgan fingerprint density at radius 3 is 2.71 bits per heavy atom. The monoisotopic (exact) mass is 300 g/mol. The average molecular weight is 300 g/mol. The van der Waals surface area contributed by atoms with Crippen LogP contribution in [0.4, 0.5) is 10.6 Å². The number of carbonyl (C=O) groups excluding carboxylic acids is 2. The summed E-state index contributed by atoms with van der Waals surface area (Å²) in [6.45, 7) is 0. The van der Waals surface area contributed by atoms with E-state index >= 15 is 0 Å². The standard InChI is InChI=1S/C14H12N4O2S/c1-18(2)12-9-5-8(3-4-10(9)15-7-16-12)6-11-13(19)17-14(20)21-11/h3-7H,1-2H3,(H,17,19,20). The van der Waals surface area contributed by atoms with E-state index in [-0.39, 0.29) is 11.1 Å². The molecular weight excluding hydrogens is 288 g/mol. The molecule has 6 nitrogen and oxygen atoms in total. The quantitative estimate of drug-likeness (QED) is 0.855. The number of rotatable bonds is 2. The van der Waals surface area contributed by atoms with Gasteiger partial charge in [0, 0.05) is 19.5 Å². The van der Waals surface area contributed by atoms with Gasteiger partial charge >= 0.3 is 0 Å². The molecule has 21 heavy (non-hydrogen) atoms. The van der Waals surface area contributed by atoms with Crippen LogP contribution in [0.2, 0.25) is 0 Å². The number of aromatic nitrogens is 2. The number of hydrogen-bond donors (Lipinski definition) is 1. The van der Waals surface area contributed by atoms with Crippen molar-refractivity contribution < 1.29 is 9.59 Å². The minimum atomic E-state index is -0.359. The van der Waals surface area contributed by atoms with Gasteiger partial charge in [0.1, 0.15) is 12.1 Å². The molecule has 1 aromatic carbocycles. The van der Waals surface area contributed by atoms with E-state index in [1.165, 1.54) is 6.33 Å². The molecule has 1 aliphatic heterocycles. The number of nitrogens with one attached hydrogen (secondary N) is 1. The summed E-state index contributed by atoms with van der Waals surface area (Å²) in [5.41, 5.74) is 1.66. The zero-order valence-electron chi connectivity index (χ0n) is 11.5. The summed E-state index contributed by atoms with van der Waals surface area (Å²) < 4.78 is 0. The van der Waals surface area contributed by atoms with E-state index in [1.54, 1.807) is 6.08 Å². The maximum absolute atomic E-state index is 11.6. The summed E-state index contributed by atoms with van der Waals surface area (Å²) in [5.74, 6) is 0.446. The second-order valence-corrected chi connectivity index (χ2v) is 5.74. The highest BCUT2D eigenvalue weighted by molar-refractivity contribution is 8.18. The van der Waals surface area contributed by atoms with Crippen molar-refractivity contribution in [1.82, 2.24) is 15.3 Å². The Morgan fingerprint density at radius 2 is 2.05 bits per heavy atom. The number of hydrogen-bond acceptors (Lipinski definition) is 6. The van der Waals surface area contributed by atoms with Crippen molar-refractivity contribution in [3.8, 4) is 0 Å². The molecule has 0 radical (unpaired) electrons. The summed E-state index contributed by atoms with van der Waals surface area (Å²) >= 11 is 0.904. The number of carbonyl (C=O) groups is 2. The first-order chi connectivity index (χ1) is 10.0. The predicted molar refractivity (Wildman–Crippen MR) is 83.0 cm³/mol. The molecule has 1 saturated heterocycles. The molecular formula is C14H12N4O2S. The van der Waals surface area contributed by atoms with Gasteiger partial charge in [0.2, 0.25) is 0 Å². The minimum absolute atomic E-state index is 0.343. The van der Waals surface area contributed by atoms with Crippen LogP contribution in [-0.2, 0) is 4.79 Å². The molecule has 0 bridgehead atoms. The van der Waals surface area contributed by atoms with Gasteiger partial charge in [-0.2, -0.15) is 0 Å². The fraction of sp³-hybridized carbons (Fsp3) is 0.143. The Morgan fingerprint density at radius 1 is 1.24 bits per heavy atom. The predicted octanol–water partition coefficient (Wildman–Crippen LogP) is 2.02. The Hall–Kier alpha value is -2.41. The highest BCUT2D eigenvalue weighted by Crippen LogP contribution is 2.28. The lowest BCUT2D eigenvalue weighted by Gasteiger charge is -2.13. The van der Waals surface area contributed by atoms with E-state index < -0.39 is 0 Å². The number of amides is 2. The molecule has 1 aromatic heterocycles. The zero-order chi connectivity index (χ0) is 15.0. The van der Waals surface area contributed by atoms with Gasteiger partial charge in [0.05, 0.1) is 10.4 Å². The SMILES string of the molecule is CN(C)c1ncnc2ccc(C=C3SC(=O)NC3=O)cc12. The van der Waals surface area contributed by atoms with E-state index in [4.69, 9.17) is 0 Å². The number of thioether (sulfide) groups is 1. The Balaban J connectivity index is 2.09. The fourth-order valence-electron chi connectivity index (χ4n) is 2.08. The van der Waals surface area contributed by atoms with Crippen molar-refractivity contribution in [3.05, 3.63) is 35.0 Å². The highest BCUT2D eigenvalue weighted by atomic mass is 32.2. The maximum Gasteiger partial charge on any atom is 0.290 e. The normalized spacial score (nSPS) is 16.6. The lowest BCUT2D eigenvalue weighted by molar-refractivity contribution is -0.115. The van der Waals surface area contributed by atoms with Crippen molar-refractivity contribution >= 4 is 45.7 Å². The molecule has 3 rings (SSSR count). The summed E-state index contributed by atoms with van der Waals surface area (Å²) in [5, 5.41) is 2.79. The van der Waals surface area contributed by atoms with Gasteiger partial charge in [-0.1, -0.05) is 6.07 Å². The number of benzene rings is 1. The second-order valence-electron chi connectivity index (χ2n) is 4.72. The van der Waals surface area contributed by atoms with E-state index in [0.29, 0.717) is 4.91 Å². The molecule has 1 aliphatic rings. The van der Waals surface area contributed by atoms with Crippen LogP contribution < -0.4 is 10.2 Å². The molecule has 0 spiro atoms. The van der Waals surface area contributed by atoms with E-state index in [0.717, 1.165) is 34.0 Å². The highest BCUT2D eigenvalue weighted by Gasteiger charge is 2.24. The smallest absolute Gasteiger partial charge is 0.290 e. The zero-order valence-corrected chi connectivity index (χ0v) is 12.3. The average Bonchev–Trinajstić information content (AvgIpc) is 2.76. The lowest BCUT2D eigenvalue weighted by Crippen LogP contribution is -2.17. The first-order valence-electron chi connectivity index (χ1n) is 6.21. The van der Waals surface area contributed by atoms with E-state index in [2.05, 4.69) is 15.3 Å². The maximum atomic E-state index is 11.6. The van der Waals surface area contributed by atoms with Gasteiger partial charge in [0.15, 0.2) is 0 Å². The third-order valence-corrected chi connectivity index (χ3v) is 3.81. The first kappa shape index (κ1) is 13.6. The van der Waals surface area contributed by atoms with Gasteiger partial charge in [-0.05, 0) is 35.5 Å². The van der Waals surface area contributed by atoms with Gasteiger partial charge in [-0.3, -0.25) is 14.9 Å². The molecule has 7 heteroatoms. The summed E-state index contributed by atoms with van der Waals surface area (Å²) in [6, 6.07) is 5.64. The van der Waals surface area contributed by atoms with Crippen LogP contribution in [0.3, 0.4) is 0 Å². The van der Waals surface area contributed by atoms with Crippen LogP contribution in [0.1, 0.15) is 5.56 Å². The summed E-state index contributed by atoms with van der Waals surface area (Å²) in [7, 11) is 3.82. The van der Waals surface area contributed by atoms with Crippen molar-refractivity contribution in [2.75, 3.05) is 19.0 Å². The topological polar surface area (TPSA) is 75.2 Å². The molecule has 0 unspecified atom stereocenters. The largest absolute Gasteiger partial charge is 0.362 e. The molecule has 106 valence electrons. The van der Waals surface area contributed by atoms with Crippen molar-refractivity contribution in [1.29, 1.82) is 0 Å². The third-order valence-electron chi connectivity index (χ3n) is 3.00. The summed E-state index contributed by atoms with van der Waals surface area (Å²) in [6.07, 6.45) is 3.21. The van der Waals surface area contributed by atoms with Crippen LogP contribution in [0, 0.1) is 0 Å². The molecule has 1 N–H and O–H groups in total. The van der Waals surface area contributed by atoms with Crippen molar-refractivity contribution in [2.45, 2.75) is 0 Å². The van der Waals surface area contributed by atoms with Crippen LogP contribution in [-0.4, -0.2) is 35.2 Å². The Bertz CT molecular complexity index is 786. The summed E-state index contributed by atoms with van der Waals surface area (Å²) in [4.78, 5) is 33.5. The lowest BCUT2D eigenvalue weighted by atomic mass is 10.1. The Labute approximate surface area is 125 Å². The van der Waals surface area contributed by atoms with Crippen molar-refractivity contribution in [2.24, 2.45) is 0 Å². The van der Waals surface area contributed by atoms with Crippen LogP contribution in [0.5, 0.6) is 0 Å². The van der Waals surface area contributed by atoms with Crippen molar-refractivity contribution in [3.63, 3.8) is 0 Å². The minimum Gasteiger partial charge on any atom is -0.362 e. The first-order valence-corrected chi connectivity index (χ1v) is 7.03. The van der Waals surface area contributed by atoms with E-state index in [1.807, 2.05) is 37.2 Å². The Kier molecular flexibility index (Phi) is 3.34.